The van der Waals surface area contributed by atoms with Crippen LogP contribution in [-0.4, -0.2) is 10.5 Å². The van der Waals surface area contributed by atoms with Crippen molar-refractivity contribution in [2.45, 2.75) is 0 Å². The fraction of sp³-hybridized carbons (Fsp3) is 0. The number of nitrogens with two attached hydrogens (primary N) is 1. The molecule has 0 aliphatic heterocycles. The van der Waals surface area contributed by atoms with Crippen molar-refractivity contribution < 1.29 is 0 Å². The Morgan fingerprint density at radius 2 is 1.67 bits per heavy atom. The number of nitrogens with one attached hydrogen (secondary N) is 1. The van der Waals surface area contributed by atoms with Gasteiger partial charge in [-0.3, -0.25) is 9.98 Å². The number of hydrogen-bond acceptors (Lipinski definition) is 1. The summed E-state index contributed by atoms with van der Waals surface area (Å²) in [5.74, 6) is 0.0474. The first-order valence-corrected chi connectivity index (χ1v) is 3.68. The molecule has 1 aromatic heterocycles. The van der Waals surface area contributed by atoms with Crippen LogP contribution in [0.3, 0.4) is 0 Å². The van der Waals surface area contributed by atoms with Crippen molar-refractivity contribution in [1.29, 1.82) is 5.41 Å². The molecule has 12 heavy (non-hydrogen) atoms. The normalized spacial score (nSPS) is 10.3. The molecule has 1 aromatic carbocycles. The zero-order valence-corrected chi connectivity index (χ0v) is 6.49. The van der Waals surface area contributed by atoms with Crippen LogP contribution in [-0.2, 0) is 0 Å². The topological polar surface area (TPSA) is 54.8 Å². The number of aromatic nitrogens is 1. The Balaban J connectivity index is 2.70. The first-order chi connectivity index (χ1) is 5.77. The molecule has 0 atom stereocenters. The molecular formula is C9H9N3. The zero-order chi connectivity index (χ0) is 8.55. The summed E-state index contributed by atoms with van der Waals surface area (Å²) < 4.78 is 1.60. The Bertz CT molecular complexity index is 395. The molecule has 0 aliphatic rings. The van der Waals surface area contributed by atoms with Gasteiger partial charge in [-0.15, -0.1) is 0 Å². The lowest BCUT2D eigenvalue weighted by Crippen LogP contribution is -2.18. The first-order valence-electron chi connectivity index (χ1n) is 3.68. The summed E-state index contributed by atoms with van der Waals surface area (Å²) in [5.41, 5.74) is 5.32. The van der Waals surface area contributed by atoms with Gasteiger partial charge >= 0.3 is 0 Å². The molecule has 0 saturated heterocycles. The minimum absolute atomic E-state index is 0.0474. The van der Waals surface area contributed by atoms with Crippen LogP contribution in [0.15, 0.2) is 36.7 Å². The second-order valence-electron chi connectivity index (χ2n) is 2.68. The zero-order valence-electron chi connectivity index (χ0n) is 6.49. The van der Waals surface area contributed by atoms with E-state index in [-0.39, 0.29) is 5.96 Å². The molecule has 3 N–H and O–H groups in total. The van der Waals surface area contributed by atoms with Crippen LogP contribution in [0.1, 0.15) is 0 Å². The third-order valence-electron chi connectivity index (χ3n) is 1.83. The summed E-state index contributed by atoms with van der Waals surface area (Å²) in [7, 11) is 0. The average molecular weight is 159 g/mol. The summed E-state index contributed by atoms with van der Waals surface area (Å²) in [4.78, 5) is 0. The van der Waals surface area contributed by atoms with E-state index in [2.05, 4.69) is 0 Å². The maximum absolute atomic E-state index is 7.21. The molecule has 2 aromatic rings. The van der Waals surface area contributed by atoms with Crippen molar-refractivity contribution in [2.75, 3.05) is 0 Å². The van der Waals surface area contributed by atoms with Crippen LogP contribution in [0.25, 0.3) is 10.8 Å². The van der Waals surface area contributed by atoms with Crippen LogP contribution >= 0.6 is 0 Å². The van der Waals surface area contributed by atoms with E-state index in [4.69, 9.17) is 11.1 Å². The standard InChI is InChI=1S/C9H9N3/c10-9(11)12-5-7-3-1-2-4-8(7)6-12/h1-6H,(H3,10,11). The molecule has 60 valence electrons. The monoisotopic (exact) mass is 159 g/mol. The Morgan fingerprint density at radius 3 is 2.08 bits per heavy atom. The number of hydrogen-bond donors (Lipinski definition) is 2. The number of benzene rings is 1. The maximum Gasteiger partial charge on any atom is 0.196 e. The molecule has 2 rings (SSSR count). The fourth-order valence-corrected chi connectivity index (χ4v) is 1.22. The Hall–Kier alpha value is -1.77. The number of rotatable bonds is 0. The molecular weight excluding hydrogens is 150 g/mol. The van der Waals surface area contributed by atoms with Crippen molar-refractivity contribution in [3.63, 3.8) is 0 Å². The summed E-state index contributed by atoms with van der Waals surface area (Å²) in [5, 5.41) is 9.42. The third kappa shape index (κ3) is 0.955. The SMILES string of the molecule is N=C(N)n1cc2ccccc2c1. The molecule has 0 fully saturated rings. The highest BCUT2D eigenvalue weighted by Gasteiger charge is 1.97. The van der Waals surface area contributed by atoms with Gasteiger partial charge in [0.2, 0.25) is 0 Å². The van der Waals surface area contributed by atoms with Crippen molar-refractivity contribution in [1.82, 2.24) is 4.57 Å². The van der Waals surface area contributed by atoms with E-state index in [1.807, 2.05) is 36.7 Å². The lowest BCUT2D eigenvalue weighted by molar-refractivity contribution is 1.11. The fourth-order valence-electron chi connectivity index (χ4n) is 1.22. The number of nitrogen functional groups attached to an aromatic ring is 1. The van der Waals surface area contributed by atoms with Crippen molar-refractivity contribution >= 4 is 16.7 Å². The maximum atomic E-state index is 7.21. The van der Waals surface area contributed by atoms with E-state index < -0.39 is 0 Å². The van der Waals surface area contributed by atoms with Crippen molar-refractivity contribution in [2.24, 2.45) is 5.73 Å². The van der Waals surface area contributed by atoms with E-state index in [1.165, 1.54) is 0 Å². The Morgan fingerprint density at radius 1 is 1.17 bits per heavy atom. The van der Waals surface area contributed by atoms with Gasteiger partial charge in [0.05, 0.1) is 0 Å². The molecule has 0 spiro atoms. The second-order valence-corrected chi connectivity index (χ2v) is 2.68. The molecule has 0 aliphatic carbocycles. The predicted molar refractivity (Wildman–Crippen MR) is 49.3 cm³/mol. The minimum atomic E-state index is 0.0474. The quantitative estimate of drug-likeness (QED) is 0.443. The van der Waals surface area contributed by atoms with Gasteiger partial charge in [-0.2, -0.15) is 0 Å². The molecule has 0 unspecified atom stereocenters. The lowest BCUT2D eigenvalue weighted by atomic mass is 10.2. The molecule has 3 heteroatoms. The van der Waals surface area contributed by atoms with Gasteiger partial charge in [0.15, 0.2) is 5.96 Å². The molecule has 1 heterocycles. The van der Waals surface area contributed by atoms with E-state index >= 15 is 0 Å². The Labute approximate surface area is 69.9 Å². The summed E-state index contributed by atoms with van der Waals surface area (Å²) in [6.07, 6.45) is 3.69. The lowest BCUT2D eigenvalue weighted by Gasteiger charge is -1.93. The van der Waals surface area contributed by atoms with Gasteiger partial charge in [-0.1, -0.05) is 24.3 Å². The highest BCUT2D eigenvalue weighted by atomic mass is 15.1. The summed E-state index contributed by atoms with van der Waals surface area (Å²) in [6.45, 7) is 0. The largest absolute Gasteiger partial charge is 0.369 e. The predicted octanol–water partition coefficient (Wildman–Crippen LogP) is 1.38. The van der Waals surface area contributed by atoms with Crippen LogP contribution in [0.5, 0.6) is 0 Å². The van der Waals surface area contributed by atoms with E-state index in [1.54, 1.807) is 4.57 Å². The number of nitrogens with zero attached hydrogens (tertiary/aromatic N) is 1. The van der Waals surface area contributed by atoms with Gasteiger partial charge in [0.1, 0.15) is 0 Å². The number of fused-ring (bicyclic) bond motifs is 1. The van der Waals surface area contributed by atoms with Gasteiger partial charge in [-0.05, 0) is 10.8 Å². The molecule has 0 bridgehead atoms. The van der Waals surface area contributed by atoms with Crippen molar-refractivity contribution in [3.05, 3.63) is 36.7 Å². The average Bonchev–Trinajstić information content (AvgIpc) is 2.46. The molecule has 3 nitrogen and oxygen atoms in total. The molecule has 0 saturated carbocycles. The van der Waals surface area contributed by atoms with Crippen LogP contribution in [0.2, 0.25) is 0 Å². The van der Waals surface area contributed by atoms with Gasteiger partial charge in [0.25, 0.3) is 0 Å². The smallest absolute Gasteiger partial charge is 0.196 e. The summed E-state index contributed by atoms with van der Waals surface area (Å²) in [6, 6.07) is 7.92. The van der Waals surface area contributed by atoms with Gasteiger partial charge < -0.3 is 5.73 Å². The second kappa shape index (κ2) is 2.37. The van der Waals surface area contributed by atoms with Crippen LogP contribution < -0.4 is 5.73 Å². The third-order valence-corrected chi connectivity index (χ3v) is 1.83. The first kappa shape index (κ1) is 6.91. The van der Waals surface area contributed by atoms with E-state index in [0.29, 0.717) is 0 Å². The minimum Gasteiger partial charge on any atom is -0.369 e. The highest BCUT2D eigenvalue weighted by molar-refractivity contribution is 5.88. The van der Waals surface area contributed by atoms with Gasteiger partial charge in [0, 0.05) is 12.4 Å². The van der Waals surface area contributed by atoms with Crippen molar-refractivity contribution in [3.8, 4) is 0 Å². The van der Waals surface area contributed by atoms with Gasteiger partial charge in [-0.25, -0.2) is 0 Å². The van der Waals surface area contributed by atoms with Crippen LogP contribution in [0, 0.1) is 5.41 Å². The molecule has 0 radical (unpaired) electrons. The van der Waals surface area contributed by atoms with E-state index in [9.17, 15) is 0 Å². The molecule has 0 amide bonds. The van der Waals surface area contributed by atoms with Crippen LogP contribution in [0.4, 0.5) is 0 Å². The highest BCUT2D eigenvalue weighted by Crippen LogP contribution is 2.13. The summed E-state index contributed by atoms with van der Waals surface area (Å²) >= 11 is 0. The Kier molecular flexibility index (Phi) is 1.37. The van der Waals surface area contributed by atoms with E-state index in [0.717, 1.165) is 10.8 Å².